The van der Waals surface area contributed by atoms with E-state index < -0.39 is 0 Å². The smallest absolute Gasteiger partial charge is 0.222 e. The van der Waals surface area contributed by atoms with E-state index in [0.717, 1.165) is 13.0 Å². The van der Waals surface area contributed by atoms with Crippen molar-refractivity contribution in [3.63, 3.8) is 0 Å². The molecule has 0 radical (unpaired) electrons. The minimum atomic E-state index is -0.0199. The summed E-state index contributed by atoms with van der Waals surface area (Å²) in [7, 11) is 1.61. The Labute approximate surface area is 161 Å². The summed E-state index contributed by atoms with van der Waals surface area (Å²) in [6, 6.07) is 0. The van der Waals surface area contributed by atoms with Gasteiger partial charge in [-0.05, 0) is 6.42 Å². The van der Waals surface area contributed by atoms with Crippen molar-refractivity contribution in [3.05, 3.63) is 0 Å². The van der Waals surface area contributed by atoms with Crippen LogP contribution in [-0.2, 0) is 28.5 Å². The highest BCUT2D eigenvalue weighted by Gasteiger charge is 1.97. The summed E-state index contributed by atoms with van der Waals surface area (Å²) >= 11 is 0. The van der Waals surface area contributed by atoms with E-state index >= 15 is 0 Å². The van der Waals surface area contributed by atoms with Gasteiger partial charge in [-0.25, -0.2) is 0 Å². The third-order valence-corrected chi connectivity index (χ3v) is 2.59. The zero-order valence-electron chi connectivity index (χ0n) is 17.9. The molecule has 1 N–H and O–H groups in total. The van der Waals surface area contributed by atoms with Crippen molar-refractivity contribution in [2.24, 2.45) is 0 Å². The lowest BCUT2D eigenvalue weighted by Crippen LogP contribution is -2.20. The minimum absolute atomic E-state index is 0.0199. The fraction of sp³-hybridized carbons (Fsp3) is 0.947. The van der Waals surface area contributed by atoms with Crippen LogP contribution in [0.25, 0.3) is 0 Å². The highest BCUT2D eigenvalue weighted by atomic mass is 16.6. The molecular formula is C19H43NO6. The second-order valence-electron chi connectivity index (χ2n) is 4.49. The molecule has 0 spiro atoms. The Morgan fingerprint density at radius 2 is 0.923 bits per heavy atom. The van der Waals surface area contributed by atoms with Crippen LogP contribution in [-0.4, -0.2) is 79.0 Å². The van der Waals surface area contributed by atoms with Crippen LogP contribution in [0.3, 0.4) is 0 Å². The standard InChI is InChI=1S/C15H31NO6.2C2H6/c1-3-5-18-7-9-20-11-13-22-14-12-21-10-8-19-6-4-15(17)16-2;2*1-2/h3-14H2,1-2H3,(H,16,17);2*1-2H3. The van der Waals surface area contributed by atoms with Crippen molar-refractivity contribution in [2.75, 3.05) is 73.1 Å². The number of amides is 1. The Bertz CT molecular complexity index is 242. The van der Waals surface area contributed by atoms with E-state index in [1.807, 2.05) is 27.7 Å². The number of hydrogen-bond acceptors (Lipinski definition) is 6. The van der Waals surface area contributed by atoms with E-state index in [0.29, 0.717) is 65.9 Å². The molecule has 1 amide bonds. The van der Waals surface area contributed by atoms with Crippen LogP contribution in [0.5, 0.6) is 0 Å². The van der Waals surface area contributed by atoms with Crippen LogP contribution in [0.2, 0.25) is 0 Å². The third kappa shape index (κ3) is 31.1. The Kier molecular flexibility index (Phi) is 36.9. The van der Waals surface area contributed by atoms with Gasteiger partial charge in [0.1, 0.15) is 0 Å². The van der Waals surface area contributed by atoms with Crippen LogP contribution in [0, 0.1) is 0 Å². The Hall–Kier alpha value is -0.730. The van der Waals surface area contributed by atoms with Gasteiger partial charge in [-0.3, -0.25) is 4.79 Å². The summed E-state index contributed by atoms with van der Waals surface area (Å²) in [4.78, 5) is 10.9. The maximum absolute atomic E-state index is 10.9. The first kappa shape index (κ1) is 30.0. The lowest BCUT2D eigenvalue weighted by atomic mass is 10.4. The molecule has 0 saturated carbocycles. The van der Waals surface area contributed by atoms with Gasteiger partial charge < -0.3 is 29.0 Å². The van der Waals surface area contributed by atoms with E-state index in [-0.39, 0.29) is 5.91 Å². The van der Waals surface area contributed by atoms with Gasteiger partial charge in [0, 0.05) is 20.1 Å². The Morgan fingerprint density at radius 1 is 0.615 bits per heavy atom. The number of hydrogen-bond donors (Lipinski definition) is 1. The molecule has 0 heterocycles. The highest BCUT2D eigenvalue weighted by molar-refractivity contribution is 5.75. The molecule has 0 aromatic rings. The van der Waals surface area contributed by atoms with Crippen molar-refractivity contribution in [2.45, 2.75) is 47.5 Å². The molecule has 0 bridgehead atoms. The lowest BCUT2D eigenvalue weighted by molar-refractivity contribution is -0.121. The average molecular weight is 382 g/mol. The molecule has 0 aliphatic rings. The van der Waals surface area contributed by atoms with Crippen molar-refractivity contribution in [3.8, 4) is 0 Å². The third-order valence-electron chi connectivity index (χ3n) is 2.59. The molecule has 0 fully saturated rings. The number of rotatable bonds is 17. The monoisotopic (exact) mass is 381 g/mol. The first-order chi connectivity index (χ1) is 12.8. The molecule has 0 aliphatic heterocycles. The second kappa shape index (κ2) is 32.0. The summed E-state index contributed by atoms with van der Waals surface area (Å²) in [5.74, 6) is -0.0199. The van der Waals surface area contributed by atoms with Crippen molar-refractivity contribution in [1.29, 1.82) is 0 Å². The topological polar surface area (TPSA) is 75.2 Å². The van der Waals surface area contributed by atoms with Gasteiger partial charge in [0.25, 0.3) is 0 Å². The Morgan fingerprint density at radius 3 is 1.23 bits per heavy atom. The van der Waals surface area contributed by atoms with Crippen LogP contribution in [0.15, 0.2) is 0 Å². The summed E-state index contributed by atoms with van der Waals surface area (Å²) in [6.45, 7) is 15.7. The van der Waals surface area contributed by atoms with Crippen LogP contribution < -0.4 is 5.32 Å². The molecule has 7 heteroatoms. The van der Waals surface area contributed by atoms with E-state index in [1.54, 1.807) is 7.05 Å². The van der Waals surface area contributed by atoms with Crippen LogP contribution in [0.4, 0.5) is 0 Å². The highest BCUT2D eigenvalue weighted by Crippen LogP contribution is 1.86. The lowest BCUT2D eigenvalue weighted by Gasteiger charge is -2.07. The van der Waals surface area contributed by atoms with Crippen LogP contribution >= 0.6 is 0 Å². The summed E-state index contributed by atoms with van der Waals surface area (Å²) in [6.07, 6.45) is 1.41. The van der Waals surface area contributed by atoms with Gasteiger partial charge in [0.05, 0.1) is 59.5 Å². The first-order valence-electron chi connectivity index (χ1n) is 9.90. The normalized spacial score (nSPS) is 9.62. The van der Waals surface area contributed by atoms with E-state index in [4.69, 9.17) is 23.7 Å². The van der Waals surface area contributed by atoms with E-state index in [1.165, 1.54) is 0 Å². The van der Waals surface area contributed by atoms with E-state index in [9.17, 15) is 4.79 Å². The molecule has 0 rings (SSSR count). The second-order valence-corrected chi connectivity index (χ2v) is 4.49. The number of ether oxygens (including phenoxy) is 5. The largest absolute Gasteiger partial charge is 0.379 e. The molecule has 0 aromatic carbocycles. The molecule has 0 atom stereocenters. The van der Waals surface area contributed by atoms with E-state index in [2.05, 4.69) is 12.2 Å². The number of nitrogens with one attached hydrogen (secondary N) is 1. The molecule has 0 aliphatic carbocycles. The summed E-state index contributed by atoms with van der Waals surface area (Å²) < 4.78 is 26.5. The summed E-state index contributed by atoms with van der Waals surface area (Å²) in [5, 5.41) is 2.53. The zero-order valence-corrected chi connectivity index (χ0v) is 17.9. The molecule has 0 saturated heterocycles. The van der Waals surface area contributed by atoms with Crippen molar-refractivity contribution >= 4 is 5.91 Å². The maximum atomic E-state index is 10.9. The molecule has 0 unspecified atom stereocenters. The van der Waals surface area contributed by atoms with Crippen molar-refractivity contribution in [1.82, 2.24) is 5.32 Å². The maximum Gasteiger partial charge on any atom is 0.222 e. The number of carbonyl (C=O) groups is 1. The average Bonchev–Trinajstić information content (AvgIpc) is 2.70. The van der Waals surface area contributed by atoms with Crippen molar-refractivity contribution < 1.29 is 28.5 Å². The fourth-order valence-corrected chi connectivity index (χ4v) is 1.42. The molecule has 0 aromatic heterocycles. The Balaban J connectivity index is -0.00000123. The predicted octanol–water partition coefficient (Wildman–Crippen LogP) is 2.67. The van der Waals surface area contributed by atoms with Gasteiger partial charge in [-0.2, -0.15) is 0 Å². The zero-order chi connectivity index (χ0) is 20.3. The minimum Gasteiger partial charge on any atom is -0.379 e. The quantitative estimate of drug-likeness (QED) is 0.391. The molecule has 7 nitrogen and oxygen atoms in total. The van der Waals surface area contributed by atoms with Gasteiger partial charge in [-0.15, -0.1) is 0 Å². The molecule has 26 heavy (non-hydrogen) atoms. The molecule has 160 valence electrons. The summed E-state index contributed by atoms with van der Waals surface area (Å²) in [5.41, 5.74) is 0. The molecular weight excluding hydrogens is 338 g/mol. The van der Waals surface area contributed by atoms with Gasteiger partial charge in [0.15, 0.2) is 0 Å². The number of carbonyl (C=O) groups excluding carboxylic acids is 1. The van der Waals surface area contributed by atoms with Gasteiger partial charge in [-0.1, -0.05) is 34.6 Å². The predicted molar refractivity (Wildman–Crippen MR) is 106 cm³/mol. The van der Waals surface area contributed by atoms with Gasteiger partial charge >= 0.3 is 0 Å². The van der Waals surface area contributed by atoms with Gasteiger partial charge in [0.2, 0.25) is 5.91 Å². The fourth-order valence-electron chi connectivity index (χ4n) is 1.42. The first-order valence-corrected chi connectivity index (χ1v) is 9.90. The van der Waals surface area contributed by atoms with Crippen LogP contribution in [0.1, 0.15) is 47.5 Å². The SMILES string of the molecule is CC.CC.CCCOCCOCCOCCOCCOCCC(=O)NC.